The molecular formula is C4H10-2. The fourth-order valence-electron chi connectivity index (χ4n) is 0. The molecule has 0 saturated carbocycles. The first-order valence-electron chi connectivity index (χ1n) is 1.41. The first kappa shape index (κ1) is 9.00. The van der Waals surface area contributed by atoms with Crippen LogP contribution in [0.5, 0.6) is 0 Å². The molecule has 0 aromatic heterocycles. The third-order valence-corrected chi connectivity index (χ3v) is 0. The Balaban J connectivity index is 0. The lowest BCUT2D eigenvalue weighted by atomic mass is 11.0. The minimum Gasteiger partial charge on any atom is -0.346 e. The van der Waals surface area contributed by atoms with Gasteiger partial charge in [-0.2, -0.15) is 13.8 Å². The maximum Gasteiger partial charge on any atom is -0.194 e. The first-order chi connectivity index (χ1) is 2.00. The predicted octanol–water partition coefficient (Wildman–Crippen LogP) is 1.68. The summed E-state index contributed by atoms with van der Waals surface area (Å²) >= 11 is 0. The average Bonchev–Trinajstić information content (AvgIpc) is 1.50. The average molecular weight is 58.1 g/mol. The maximum absolute atomic E-state index is 3.25. The number of hydrogen-bond acceptors (Lipinski definition) is 0. The summed E-state index contributed by atoms with van der Waals surface area (Å²) in [6.07, 6.45) is 0. The van der Waals surface area contributed by atoms with Gasteiger partial charge in [-0.25, -0.2) is 0 Å². The molecule has 0 saturated heterocycles. The smallest absolute Gasteiger partial charge is 0.194 e. The molecule has 0 N–H and O–H groups in total. The van der Waals surface area contributed by atoms with Crippen molar-refractivity contribution >= 4 is 0 Å². The summed E-state index contributed by atoms with van der Waals surface area (Å²) < 4.78 is 0. The quantitative estimate of drug-likeness (QED) is 0.372. The van der Waals surface area contributed by atoms with Crippen LogP contribution in [0, 0.1) is 13.8 Å². The van der Waals surface area contributed by atoms with Gasteiger partial charge in [0, 0.05) is 0 Å². The molecule has 0 heteroatoms. The first-order valence-corrected chi connectivity index (χ1v) is 1.41. The van der Waals surface area contributed by atoms with Gasteiger partial charge < -0.3 is 13.8 Å². The predicted molar refractivity (Wildman–Crippen MR) is 22.1 cm³/mol. The molecule has 0 aliphatic carbocycles. The fraction of sp³-hybridized carbons (Fsp3) is 0.500. The van der Waals surface area contributed by atoms with E-state index in [2.05, 4.69) is 13.8 Å². The normalized spacial score (nSPS) is 3.00. The molecule has 0 unspecified atom stereocenters. The van der Waals surface area contributed by atoms with E-state index in [4.69, 9.17) is 0 Å². The molecule has 0 heterocycles. The Kier molecular flexibility index (Phi) is 0. The van der Waals surface area contributed by atoms with Gasteiger partial charge >= 0.3 is 0 Å². The van der Waals surface area contributed by atoms with Crippen molar-refractivity contribution in [3.8, 4) is 0 Å². The highest BCUT2D eigenvalue weighted by molar-refractivity contribution is 3.94. The van der Waals surface area contributed by atoms with Crippen molar-refractivity contribution in [1.82, 2.24) is 0 Å². The standard InChI is InChI=1S/2C2H5/c2*1-2/h2*1H2,2H3/q2*-1. The Morgan fingerprint density at radius 1 is 0.750 bits per heavy atom. The summed E-state index contributed by atoms with van der Waals surface area (Å²) in [6.45, 7) is 10.0. The SMILES string of the molecule is [CH2-]C.[CH2-]C. The van der Waals surface area contributed by atoms with Crippen LogP contribution in [-0.4, -0.2) is 0 Å². The van der Waals surface area contributed by atoms with Crippen LogP contribution in [-0.2, 0) is 0 Å². The Morgan fingerprint density at radius 3 is 0.750 bits per heavy atom. The largest absolute Gasteiger partial charge is 0.346 e. The maximum atomic E-state index is 3.25. The van der Waals surface area contributed by atoms with Crippen LogP contribution in [0.2, 0.25) is 0 Å². The zero-order valence-electron chi connectivity index (χ0n) is 3.41. The molecule has 0 fully saturated rings. The molecule has 0 aromatic carbocycles. The lowest BCUT2D eigenvalue weighted by molar-refractivity contribution is 1.81. The van der Waals surface area contributed by atoms with E-state index < -0.39 is 0 Å². The van der Waals surface area contributed by atoms with Crippen LogP contribution >= 0.6 is 0 Å². The van der Waals surface area contributed by atoms with Crippen molar-refractivity contribution in [2.24, 2.45) is 0 Å². The molecule has 0 aliphatic heterocycles. The van der Waals surface area contributed by atoms with E-state index in [0.29, 0.717) is 0 Å². The van der Waals surface area contributed by atoms with Gasteiger partial charge in [-0.05, 0) is 0 Å². The van der Waals surface area contributed by atoms with Crippen LogP contribution in [0.1, 0.15) is 13.8 Å². The van der Waals surface area contributed by atoms with Crippen molar-refractivity contribution in [3.05, 3.63) is 13.8 Å². The number of hydrogen-bond donors (Lipinski definition) is 0. The van der Waals surface area contributed by atoms with Gasteiger partial charge in [-0.15, -0.1) is 0 Å². The second kappa shape index (κ2) is 0. The highest BCUT2D eigenvalue weighted by Gasteiger charge is 0.735. The van der Waals surface area contributed by atoms with Gasteiger partial charge in [0.05, 0.1) is 0 Å². The summed E-state index contributed by atoms with van der Waals surface area (Å²) in [5, 5.41) is 0. The molecule has 0 radical (unpaired) electrons. The Labute approximate surface area is 28.8 Å². The minimum atomic E-state index is 1.75. The van der Waals surface area contributed by atoms with E-state index >= 15 is 0 Å². The fourth-order valence-corrected chi connectivity index (χ4v) is 0. The second-order valence-electron chi connectivity index (χ2n) is 0. The van der Waals surface area contributed by atoms with E-state index in [9.17, 15) is 0 Å². The van der Waals surface area contributed by atoms with E-state index in [1.54, 1.807) is 13.8 Å². The van der Waals surface area contributed by atoms with Crippen LogP contribution in [0.3, 0.4) is 0 Å². The van der Waals surface area contributed by atoms with Crippen molar-refractivity contribution in [2.75, 3.05) is 0 Å². The van der Waals surface area contributed by atoms with Gasteiger partial charge in [-0.1, -0.05) is 0 Å². The molecule has 0 atom stereocenters. The van der Waals surface area contributed by atoms with Gasteiger partial charge in [-0.3, -0.25) is 0 Å². The summed E-state index contributed by atoms with van der Waals surface area (Å²) in [5.41, 5.74) is 0. The lowest BCUT2D eigenvalue weighted by Crippen LogP contribution is -0.888. The molecule has 0 nitrogen and oxygen atoms in total. The third kappa shape index (κ3) is 0. The van der Waals surface area contributed by atoms with Crippen LogP contribution in [0.15, 0.2) is 0 Å². The van der Waals surface area contributed by atoms with E-state index in [1.165, 1.54) is 0 Å². The second-order valence-corrected chi connectivity index (χ2v) is 0. The number of rotatable bonds is 0. The summed E-state index contributed by atoms with van der Waals surface area (Å²) in [6, 6.07) is 0. The Bertz CT molecular complexity index is 0. The molecule has 0 aliphatic rings. The van der Waals surface area contributed by atoms with Crippen LogP contribution in [0.25, 0.3) is 0 Å². The molecule has 0 amide bonds. The van der Waals surface area contributed by atoms with Crippen molar-refractivity contribution in [1.29, 1.82) is 0 Å². The summed E-state index contributed by atoms with van der Waals surface area (Å²) in [5.74, 6) is 0. The molecule has 4 heavy (non-hydrogen) atoms. The topological polar surface area (TPSA) is 0 Å². The van der Waals surface area contributed by atoms with Gasteiger partial charge in [0.1, 0.15) is 0 Å². The summed E-state index contributed by atoms with van der Waals surface area (Å²) in [7, 11) is 0. The van der Waals surface area contributed by atoms with Crippen LogP contribution in [0.4, 0.5) is 0 Å². The summed E-state index contributed by atoms with van der Waals surface area (Å²) in [4.78, 5) is 0. The van der Waals surface area contributed by atoms with Gasteiger partial charge in [0.2, 0.25) is 0 Å². The highest BCUT2D eigenvalue weighted by atomic mass is 13.0. The van der Waals surface area contributed by atoms with Crippen molar-refractivity contribution in [3.63, 3.8) is 0 Å². The molecule has 0 aromatic rings. The molecular weight excluding hydrogens is 48.0 g/mol. The van der Waals surface area contributed by atoms with Gasteiger partial charge in [0.15, 0.2) is 0 Å². The molecule has 0 spiro atoms. The molecule has 0 rings (SSSR count). The van der Waals surface area contributed by atoms with Crippen LogP contribution < -0.4 is 0 Å². The molecule has 28 valence electrons. The minimum absolute atomic E-state index is 1.75. The van der Waals surface area contributed by atoms with Crippen molar-refractivity contribution in [2.45, 2.75) is 13.8 Å². The third-order valence-electron chi connectivity index (χ3n) is 0. The Morgan fingerprint density at radius 2 is 0.750 bits per heavy atom. The monoisotopic (exact) mass is 58.1 g/mol. The lowest BCUT2D eigenvalue weighted by Gasteiger charge is -1.27. The zero-order valence-corrected chi connectivity index (χ0v) is 3.41. The molecule has 0 bridgehead atoms. The van der Waals surface area contributed by atoms with Crippen molar-refractivity contribution < 1.29 is 0 Å². The van der Waals surface area contributed by atoms with E-state index in [0.717, 1.165) is 0 Å². The zero-order chi connectivity index (χ0) is 4.00. The Hall–Kier alpha value is 0. The highest BCUT2D eigenvalue weighted by Crippen LogP contribution is 1.12. The van der Waals surface area contributed by atoms with Gasteiger partial charge in [0.25, 0.3) is 0 Å². The van der Waals surface area contributed by atoms with E-state index in [1.807, 2.05) is 0 Å². The van der Waals surface area contributed by atoms with E-state index in [-0.39, 0.29) is 0 Å².